The van der Waals surface area contributed by atoms with Crippen molar-refractivity contribution in [2.45, 2.75) is 39.7 Å². The van der Waals surface area contributed by atoms with E-state index < -0.39 is 0 Å². The average molecular weight is 239 g/mol. The van der Waals surface area contributed by atoms with E-state index in [-0.39, 0.29) is 24.2 Å². The first kappa shape index (κ1) is 12.9. The first-order valence-electron chi connectivity index (χ1n) is 5.31. The van der Waals surface area contributed by atoms with Crippen LogP contribution in [0.5, 0.6) is 0 Å². The van der Waals surface area contributed by atoms with Crippen LogP contribution in [0.4, 0.5) is 0 Å². The van der Waals surface area contributed by atoms with E-state index in [1.165, 1.54) is 16.7 Å². The molecular weight excluding hydrogens is 222 g/mol. The summed E-state index contributed by atoms with van der Waals surface area (Å²) in [5.41, 5.74) is 0. The largest absolute Gasteiger partial charge is 0.353 e. The highest BCUT2D eigenvalue weighted by Gasteiger charge is 2.10. The minimum absolute atomic E-state index is 0.0200. The van der Waals surface area contributed by atoms with Gasteiger partial charge in [0, 0.05) is 22.2 Å². The molecule has 1 aromatic rings. The van der Waals surface area contributed by atoms with E-state index in [9.17, 15) is 9.59 Å². The van der Waals surface area contributed by atoms with Gasteiger partial charge in [-0.05, 0) is 32.9 Å². The number of nitrogens with one attached hydrogen (secondary N) is 1. The molecule has 1 atom stereocenters. The summed E-state index contributed by atoms with van der Waals surface area (Å²) < 4.78 is 0. The molecule has 0 bridgehead atoms. The summed E-state index contributed by atoms with van der Waals surface area (Å²) in [4.78, 5) is 24.6. The first-order valence-corrected chi connectivity index (χ1v) is 6.13. The van der Waals surface area contributed by atoms with E-state index in [0.717, 1.165) is 6.42 Å². The van der Waals surface area contributed by atoms with Crippen LogP contribution in [0.1, 0.15) is 30.0 Å². The summed E-state index contributed by atoms with van der Waals surface area (Å²) in [6, 6.07) is 4.22. The van der Waals surface area contributed by atoms with Crippen LogP contribution in [-0.4, -0.2) is 17.7 Å². The normalized spacial score (nSPS) is 12.2. The van der Waals surface area contributed by atoms with Gasteiger partial charge >= 0.3 is 0 Å². The highest BCUT2D eigenvalue weighted by molar-refractivity contribution is 7.11. The van der Waals surface area contributed by atoms with Crippen LogP contribution >= 0.6 is 11.3 Å². The van der Waals surface area contributed by atoms with E-state index in [4.69, 9.17) is 0 Å². The van der Waals surface area contributed by atoms with Crippen LogP contribution in [0.3, 0.4) is 0 Å². The summed E-state index contributed by atoms with van der Waals surface area (Å²) in [6.07, 6.45) is 0.802. The third kappa shape index (κ3) is 4.57. The minimum Gasteiger partial charge on any atom is -0.353 e. The third-order valence-electron chi connectivity index (χ3n) is 2.12. The Morgan fingerprint density at radius 3 is 2.62 bits per heavy atom. The van der Waals surface area contributed by atoms with Crippen molar-refractivity contribution in [1.29, 1.82) is 0 Å². The van der Waals surface area contributed by atoms with E-state index in [1.807, 2.05) is 6.92 Å². The Bertz CT molecular complexity index is 384. The number of hydrogen-bond donors (Lipinski definition) is 1. The zero-order valence-corrected chi connectivity index (χ0v) is 10.7. The van der Waals surface area contributed by atoms with Crippen molar-refractivity contribution in [3.63, 3.8) is 0 Å². The van der Waals surface area contributed by atoms with E-state index in [2.05, 4.69) is 24.4 Å². The lowest BCUT2D eigenvalue weighted by Crippen LogP contribution is -2.34. The summed E-state index contributed by atoms with van der Waals surface area (Å²) in [7, 11) is 0. The summed E-state index contributed by atoms with van der Waals surface area (Å²) in [6.45, 7) is 5.44. The number of Topliss-reactive ketones (excluding diaryl/α,β-unsaturated/α-hetero) is 1. The van der Waals surface area contributed by atoms with Gasteiger partial charge in [0.25, 0.3) is 0 Å². The number of carbonyl (C=O) groups excluding carboxylic acids is 2. The van der Waals surface area contributed by atoms with Gasteiger partial charge in [-0.15, -0.1) is 11.3 Å². The molecule has 0 spiro atoms. The quantitative estimate of drug-likeness (QED) is 0.800. The molecule has 1 N–H and O–H groups in total. The molecule has 16 heavy (non-hydrogen) atoms. The molecule has 0 aliphatic carbocycles. The molecule has 4 heteroatoms. The molecule has 0 aromatic carbocycles. The smallest absolute Gasteiger partial charge is 0.227 e. The van der Waals surface area contributed by atoms with E-state index in [1.54, 1.807) is 11.3 Å². The van der Waals surface area contributed by atoms with Crippen molar-refractivity contribution in [2.75, 3.05) is 0 Å². The summed E-state index contributed by atoms with van der Waals surface area (Å²) in [5.74, 6) is -0.287. The third-order valence-corrected chi connectivity index (χ3v) is 3.14. The zero-order valence-electron chi connectivity index (χ0n) is 9.87. The van der Waals surface area contributed by atoms with E-state index in [0.29, 0.717) is 0 Å². The lowest BCUT2D eigenvalue weighted by Gasteiger charge is -2.12. The Balaban J connectivity index is 2.38. The molecule has 1 aromatic heterocycles. The Kier molecular flexibility index (Phi) is 4.68. The topological polar surface area (TPSA) is 46.2 Å². The molecule has 3 nitrogen and oxygen atoms in total. The van der Waals surface area contributed by atoms with Gasteiger partial charge < -0.3 is 5.32 Å². The number of aryl methyl sites for hydroxylation is 1. The maximum atomic E-state index is 11.3. The second-order valence-corrected chi connectivity index (χ2v) is 5.44. The lowest BCUT2D eigenvalue weighted by atomic mass is 10.2. The van der Waals surface area contributed by atoms with Gasteiger partial charge in [0.05, 0.1) is 6.42 Å². The minimum atomic E-state index is -0.187. The van der Waals surface area contributed by atoms with Gasteiger partial charge in [0.2, 0.25) is 5.91 Å². The average Bonchev–Trinajstić information content (AvgIpc) is 2.48. The molecule has 1 heterocycles. The Morgan fingerprint density at radius 1 is 1.44 bits per heavy atom. The SMILES string of the molecule is CC(=O)CC(=O)NC(C)Cc1ccc(C)s1. The van der Waals surface area contributed by atoms with Gasteiger partial charge in [-0.3, -0.25) is 9.59 Å². The molecule has 1 rings (SSSR count). The number of amides is 1. The van der Waals surface area contributed by atoms with Crippen molar-refractivity contribution in [3.05, 3.63) is 21.9 Å². The maximum Gasteiger partial charge on any atom is 0.227 e. The summed E-state index contributed by atoms with van der Waals surface area (Å²) >= 11 is 1.74. The fraction of sp³-hybridized carbons (Fsp3) is 0.500. The second-order valence-electron chi connectivity index (χ2n) is 4.06. The Morgan fingerprint density at radius 2 is 2.12 bits per heavy atom. The molecule has 1 unspecified atom stereocenters. The number of hydrogen-bond acceptors (Lipinski definition) is 3. The molecule has 0 saturated heterocycles. The van der Waals surface area contributed by atoms with Crippen molar-refractivity contribution in [1.82, 2.24) is 5.32 Å². The second kappa shape index (κ2) is 5.80. The zero-order chi connectivity index (χ0) is 12.1. The predicted octanol–water partition coefficient (Wildman–Crippen LogP) is 2.08. The summed E-state index contributed by atoms with van der Waals surface area (Å²) in [5, 5.41) is 2.82. The van der Waals surface area contributed by atoms with Gasteiger partial charge in [0.15, 0.2) is 0 Å². The van der Waals surface area contributed by atoms with Gasteiger partial charge in [-0.1, -0.05) is 0 Å². The standard InChI is InChI=1S/C12H17NO2S/c1-8(13-12(15)7-9(2)14)6-11-5-4-10(3)16-11/h4-5,8H,6-7H2,1-3H3,(H,13,15). The molecule has 0 aliphatic rings. The molecule has 88 valence electrons. The molecule has 0 aliphatic heterocycles. The highest BCUT2D eigenvalue weighted by atomic mass is 32.1. The maximum absolute atomic E-state index is 11.3. The van der Waals surface area contributed by atoms with Crippen molar-refractivity contribution in [2.24, 2.45) is 0 Å². The van der Waals surface area contributed by atoms with E-state index >= 15 is 0 Å². The molecule has 0 radical (unpaired) electrons. The van der Waals surface area contributed by atoms with Crippen LogP contribution in [0.2, 0.25) is 0 Å². The number of rotatable bonds is 5. The lowest BCUT2D eigenvalue weighted by molar-refractivity contribution is -0.127. The Hall–Kier alpha value is -1.16. The predicted molar refractivity (Wildman–Crippen MR) is 65.7 cm³/mol. The fourth-order valence-corrected chi connectivity index (χ4v) is 2.52. The van der Waals surface area contributed by atoms with Crippen molar-refractivity contribution < 1.29 is 9.59 Å². The van der Waals surface area contributed by atoms with Crippen LogP contribution in [0.25, 0.3) is 0 Å². The molecule has 0 saturated carbocycles. The first-order chi connectivity index (χ1) is 7.47. The van der Waals surface area contributed by atoms with Crippen molar-refractivity contribution in [3.8, 4) is 0 Å². The van der Waals surface area contributed by atoms with Gasteiger partial charge in [-0.2, -0.15) is 0 Å². The van der Waals surface area contributed by atoms with Crippen LogP contribution in [0, 0.1) is 6.92 Å². The molecule has 0 fully saturated rings. The Labute approximate surface area is 99.9 Å². The molecule has 1 amide bonds. The van der Waals surface area contributed by atoms with Crippen LogP contribution in [-0.2, 0) is 16.0 Å². The van der Waals surface area contributed by atoms with Crippen molar-refractivity contribution >= 4 is 23.0 Å². The highest BCUT2D eigenvalue weighted by Crippen LogP contribution is 2.16. The molecular formula is C12H17NO2S. The van der Waals surface area contributed by atoms with Gasteiger partial charge in [0.1, 0.15) is 5.78 Å². The number of carbonyl (C=O) groups is 2. The monoisotopic (exact) mass is 239 g/mol. The number of ketones is 1. The van der Waals surface area contributed by atoms with Crippen LogP contribution < -0.4 is 5.32 Å². The van der Waals surface area contributed by atoms with Gasteiger partial charge in [-0.25, -0.2) is 0 Å². The fourth-order valence-electron chi connectivity index (χ4n) is 1.50. The number of thiophene rings is 1. The van der Waals surface area contributed by atoms with Crippen LogP contribution in [0.15, 0.2) is 12.1 Å².